The summed E-state index contributed by atoms with van der Waals surface area (Å²) in [6.45, 7) is 0. The van der Waals surface area contributed by atoms with Gasteiger partial charge in [0.1, 0.15) is 4.32 Å². The fourth-order valence-corrected chi connectivity index (χ4v) is 0. The molecule has 0 radical (unpaired) electrons. The summed E-state index contributed by atoms with van der Waals surface area (Å²) >= 11 is 7.65. The summed E-state index contributed by atoms with van der Waals surface area (Å²) in [5.41, 5.74) is 4.71. The molecule has 0 rings (SSSR count). The Balaban J connectivity index is -0.0000000910. The first kappa shape index (κ1) is 17.0. The Morgan fingerprint density at radius 2 is 1.50 bits per heavy atom. The van der Waals surface area contributed by atoms with E-state index in [0.29, 0.717) is 0 Å². The predicted molar refractivity (Wildman–Crippen MR) is 39.9 cm³/mol. The van der Waals surface area contributed by atoms with Gasteiger partial charge in [-0.15, -0.1) is 12.6 Å². The summed E-state index contributed by atoms with van der Waals surface area (Å²) in [6.07, 6.45) is 0. The smallest absolute Gasteiger partial charge is 0.385 e. The van der Waals surface area contributed by atoms with Gasteiger partial charge in [-0.05, 0) is 0 Å². The third kappa shape index (κ3) is 840. The zero-order valence-electron chi connectivity index (χ0n) is 4.46. The molecule has 0 unspecified atom stereocenters. The minimum absolute atomic E-state index is 0. The normalized spacial score (nSPS) is 8.30. The minimum atomic E-state index is -4.67. The van der Waals surface area contributed by atoms with Crippen molar-refractivity contribution < 1.29 is 38.6 Å². The van der Waals surface area contributed by atoms with Crippen LogP contribution in [0, 0.1) is 0 Å². The van der Waals surface area contributed by atoms with E-state index in [4.69, 9.17) is 23.3 Å². The van der Waals surface area contributed by atoms with E-state index in [9.17, 15) is 0 Å². The molecule has 0 aliphatic heterocycles. The van der Waals surface area contributed by atoms with Crippen LogP contribution in [0.3, 0.4) is 0 Å². The Hall–Kier alpha value is 0.798. The summed E-state index contributed by atoms with van der Waals surface area (Å²) in [7, 11) is -4.67. The largest absolute Gasteiger partial charge is 0.394 e. The molecule has 4 N–H and O–H groups in total. The molecule has 0 fully saturated rings. The number of thiocarbonyl (C=S) groups is 1. The topological polar surface area (TPSA) is 101 Å². The summed E-state index contributed by atoms with van der Waals surface area (Å²) in [5, 5.41) is 0. The van der Waals surface area contributed by atoms with Crippen molar-refractivity contribution >= 4 is 39.6 Å². The van der Waals surface area contributed by atoms with Gasteiger partial charge < -0.3 is 5.73 Å². The van der Waals surface area contributed by atoms with E-state index in [2.05, 4.69) is 24.8 Å². The third-order valence-electron chi connectivity index (χ3n) is 0. The molecule has 0 aromatic carbocycles. The van der Waals surface area contributed by atoms with Gasteiger partial charge in [0.15, 0.2) is 0 Å². The van der Waals surface area contributed by atoms with Gasteiger partial charge in [-0.1, -0.05) is 12.2 Å². The molecule has 0 aromatic heterocycles. The van der Waals surface area contributed by atoms with E-state index in [0.717, 1.165) is 0 Å². The van der Waals surface area contributed by atoms with Gasteiger partial charge in [0.2, 0.25) is 0 Å². The number of hydrogen-bond acceptors (Lipinski definition) is 3. The van der Waals surface area contributed by atoms with Crippen molar-refractivity contribution in [2.24, 2.45) is 5.73 Å². The van der Waals surface area contributed by atoms with Crippen LogP contribution in [-0.4, -0.2) is 21.8 Å². The number of rotatable bonds is 0. The van der Waals surface area contributed by atoms with E-state index in [-0.39, 0.29) is 25.4 Å². The Morgan fingerprint density at radius 3 is 1.50 bits per heavy atom. The maximum absolute atomic E-state index is 8.74. The fraction of sp³-hybridized carbons (Fsp3) is 0. The molecule has 0 saturated carbocycles. The molecule has 0 spiro atoms. The second-order valence-electron chi connectivity index (χ2n) is 0.786. The molecule has 0 amide bonds. The van der Waals surface area contributed by atoms with E-state index >= 15 is 0 Å². The van der Waals surface area contributed by atoms with Crippen LogP contribution in [0.2, 0.25) is 0 Å². The van der Waals surface area contributed by atoms with Crippen LogP contribution in [0.1, 0.15) is 0 Å². The average molecular weight is 287 g/mol. The van der Waals surface area contributed by atoms with Gasteiger partial charge in [0.25, 0.3) is 0 Å². The zero-order chi connectivity index (χ0) is 8.08. The molecule has 0 aromatic rings. The summed E-state index contributed by atoms with van der Waals surface area (Å²) in [5.74, 6) is 0. The van der Waals surface area contributed by atoms with Crippen LogP contribution in [-0.2, 0) is 31.5 Å². The maximum atomic E-state index is 8.74. The van der Waals surface area contributed by atoms with E-state index in [1.807, 2.05) is 0 Å². The van der Waals surface area contributed by atoms with Gasteiger partial charge in [-0.2, -0.15) is 8.42 Å². The van der Waals surface area contributed by atoms with Gasteiger partial charge >= 0.3 is 10.4 Å². The Bertz CT molecular complexity index is 163. The third-order valence-corrected chi connectivity index (χ3v) is 0. The van der Waals surface area contributed by atoms with Crippen molar-refractivity contribution in [3.8, 4) is 0 Å². The van der Waals surface area contributed by atoms with Crippen LogP contribution in [0.25, 0.3) is 0 Å². The molecule has 0 saturated heterocycles. The summed E-state index contributed by atoms with van der Waals surface area (Å²) < 4.78 is 31.8. The molecule has 0 atom stereocenters. The van der Waals surface area contributed by atoms with Crippen LogP contribution in [0.15, 0.2) is 0 Å². The second kappa shape index (κ2) is 7.90. The summed E-state index contributed by atoms with van der Waals surface area (Å²) in [4.78, 5) is 0. The maximum Gasteiger partial charge on any atom is 0.394 e. The van der Waals surface area contributed by atoms with Crippen molar-refractivity contribution in [3.63, 3.8) is 0 Å². The summed E-state index contributed by atoms with van der Waals surface area (Å²) in [6, 6.07) is 0. The molecule has 0 aliphatic carbocycles. The van der Waals surface area contributed by atoms with Gasteiger partial charge in [0, 0.05) is 21.1 Å². The Labute approximate surface area is 83.6 Å². The number of thiol groups is 1. The van der Waals surface area contributed by atoms with Gasteiger partial charge in [-0.3, -0.25) is 9.11 Å². The first-order valence-electron chi connectivity index (χ1n) is 1.41. The van der Waals surface area contributed by atoms with Crippen molar-refractivity contribution in [2.45, 2.75) is 0 Å². The van der Waals surface area contributed by atoms with Gasteiger partial charge in [0.05, 0.1) is 0 Å². The first-order chi connectivity index (χ1) is 3.73. The molecule has 0 bridgehead atoms. The fourth-order valence-electron chi connectivity index (χ4n) is 0. The first-order valence-corrected chi connectivity index (χ1v) is 3.67. The zero-order valence-corrected chi connectivity index (χ0v) is 8.99. The van der Waals surface area contributed by atoms with Crippen LogP contribution < -0.4 is 5.73 Å². The average Bonchev–Trinajstić information content (AvgIpc) is 1.19. The molecular formula is CH5MoNO4S3. The van der Waals surface area contributed by atoms with E-state index < -0.39 is 10.4 Å². The molecule has 5 nitrogen and oxygen atoms in total. The molecule has 10 heavy (non-hydrogen) atoms. The molecule has 0 aliphatic rings. The van der Waals surface area contributed by atoms with E-state index in [1.54, 1.807) is 0 Å². The van der Waals surface area contributed by atoms with Crippen molar-refractivity contribution in [2.75, 3.05) is 0 Å². The molecule has 9 heteroatoms. The molecule has 0 heterocycles. The van der Waals surface area contributed by atoms with E-state index in [1.165, 1.54) is 0 Å². The van der Waals surface area contributed by atoms with Crippen molar-refractivity contribution in [1.82, 2.24) is 0 Å². The van der Waals surface area contributed by atoms with Crippen molar-refractivity contribution in [3.05, 3.63) is 0 Å². The van der Waals surface area contributed by atoms with Gasteiger partial charge in [-0.25, -0.2) is 0 Å². The monoisotopic (exact) mass is 289 g/mol. The minimum Gasteiger partial charge on any atom is -0.385 e. The SMILES string of the molecule is NC(=S)S.O=S(=O)(O)O.[Mo]. The second-order valence-corrected chi connectivity index (χ2v) is 2.91. The molecular weight excluding hydrogens is 282 g/mol. The Morgan fingerprint density at radius 1 is 1.50 bits per heavy atom. The Kier molecular flexibility index (Phi) is 13.5. The standard InChI is InChI=1S/CH3NS2.Mo.H2O4S/c2-1(3)4;;1-5(2,3)4/h(H3,2,3,4);;(H2,1,2,3,4). The number of hydrogen-bond donors (Lipinski definition) is 4. The quantitative estimate of drug-likeness (QED) is 0.207. The van der Waals surface area contributed by atoms with Crippen LogP contribution in [0.4, 0.5) is 0 Å². The van der Waals surface area contributed by atoms with Crippen LogP contribution >= 0.6 is 24.8 Å². The number of nitrogens with two attached hydrogens (primary N) is 1. The van der Waals surface area contributed by atoms with Crippen LogP contribution in [0.5, 0.6) is 0 Å². The molecule has 62 valence electrons. The predicted octanol–water partition coefficient (Wildman–Crippen LogP) is -0.495. The van der Waals surface area contributed by atoms with Crippen molar-refractivity contribution in [1.29, 1.82) is 0 Å².